The second-order valence-electron chi connectivity index (χ2n) is 5.25. The number of aromatic nitrogens is 1. The van der Waals surface area contributed by atoms with Crippen molar-refractivity contribution in [3.63, 3.8) is 0 Å². The molecule has 0 saturated carbocycles. The van der Waals surface area contributed by atoms with Crippen LogP contribution in [-0.4, -0.2) is 6.79 Å². The van der Waals surface area contributed by atoms with Gasteiger partial charge >= 0.3 is 0 Å². The van der Waals surface area contributed by atoms with E-state index in [0.717, 1.165) is 16.5 Å². The maximum Gasteiger partial charge on any atom is 0.256 e. The third kappa shape index (κ3) is 1.72. The van der Waals surface area contributed by atoms with E-state index in [1.807, 2.05) is 25.1 Å². The summed E-state index contributed by atoms with van der Waals surface area (Å²) >= 11 is 0. The molecule has 0 unspecified atom stereocenters. The molecule has 4 nitrogen and oxygen atoms in total. The lowest BCUT2D eigenvalue weighted by Gasteiger charge is -2.09. The fraction of sp³-hybridized carbons (Fsp3) is 0.118. The minimum atomic E-state index is -0.329. The van der Waals surface area contributed by atoms with Crippen molar-refractivity contribution in [2.24, 2.45) is 0 Å². The molecule has 1 aliphatic rings. The quantitative estimate of drug-likeness (QED) is 0.555. The molecule has 0 radical (unpaired) electrons. The number of rotatable bonds is 1. The number of nitrogen functional groups attached to an aromatic ring is 1. The molecule has 0 saturated heterocycles. The molecule has 0 spiro atoms. The van der Waals surface area contributed by atoms with Gasteiger partial charge in [-0.1, -0.05) is 16.8 Å². The number of nitrogens with two attached hydrogens (primary N) is 1. The van der Waals surface area contributed by atoms with Gasteiger partial charge in [0.05, 0.1) is 5.56 Å². The van der Waals surface area contributed by atoms with Crippen molar-refractivity contribution >= 4 is 10.8 Å². The van der Waals surface area contributed by atoms with E-state index in [1.165, 1.54) is 10.7 Å². The Balaban J connectivity index is 2.19. The SMILES string of the molecule is Cc1cc2ccc3c(c2c(-c2ccccc2F)[n+]1N)OCO3. The first-order valence-electron chi connectivity index (χ1n) is 6.95. The van der Waals surface area contributed by atoms with Crippen LogP contribution in [0.5, 0.6) is 11.5 Å². The summed E-state index contributed by atoms with van der Waals surface area (Å²) in [6.45, 7) is 2.04. The lowest BCUT2D eigenvalue weighted by atomic mass is 10.0. The summed E-state index contributed by atoms with van der Waals surface area (Å²) in [4.78, 5) is 0. The summed E-state index contributed by atoms with van der Waals surface area (Å²) in [6.07, 6.45) is 0. The molecule has 3 aromatic rings. The molecule has 5 heteroatoms. The molecule has 110 valence electrons. The van der Waals surface area contributed by atoms with E-state index < -0.39 is 0 Å². The summed E-state index contributed by atoms with van der Waals surface area (Å²) in [5.74, 6) is 7.12. The van der Waals surface area contributed by atoms with Crippen LogP contribution >= 0.6 is 0 Å². The van der Waals surface area contributed by atoms with Crippen molar-refractivity contribution in [1.82, 2.24) is 0 Å². The maximum atomic E-state index is 14.3. The Kier molecular flexibility index (Phi) is 2.69. The van der Waals surface area contributed by atoms with E-state index in [2.05, 4.69) is 0 Å². The summed E-state index contributed by atoms with van der Waals surface area (Å²) in [5, 5.41) is 1.69. The second kappa shape index (κ2) is 4.59. The number of nitrogens with zero attached hydrogens (tertiary/aromatic N) is 1. The summed E-state index contributed by atoms with van der Waals surface area (Å²) in [5.41, 5.74) is 1.84. The number of benzene rings is 2. The Bertz CT molecular complexity index is 909. The highest BCUT2D eigenvalue weighted by Gasteiger charge is 2.28. The molecular weight excluding hydrogens is 283 g/mol. The lowest BCUT2D eigenvalue weighted by molar-refractivity contribution is -0.632. The molecule has 0 atom stereocenters. The van der Waals surface area contributed by atoms with Crippen LogP contribution in [-0.2, 0) is 0 Å². The Morgan fingerprint density at radius 3 is 2.77 bits per heavy atom. The van der Waals surface area contributed by atoms with Crippen LogP contribution in [0.1, 0.15) is 5.69 Å². The Labute approximate surface area is 126 Å². The second-order valence-corrected chi connectivity index (χ2v) is 5.25. The molecule has 1 aromatic heterocycles. The Hall–Kier alpha value is -2.82. The molecule has 1 aliphatic heterocycles. The average molecular weight is 297 g/mol. The molecule has 2 N–H and O–H groups in total. The third-order valence-corrected chi connectivity index (χ3v) is 3.92. The topological polar surface area (TPSA) is 48.4 Å². The highest BCUT2D eigenvalue weighted by molar-refractivity contribution is 6.00. The van der Waals surface area contributed by atoms with Crippen LogP contribution in [0, 0.1) is 12.7 Å². The number of fused-ring (bicyclic) bond motifs is 3. The van der Waals surface area contributed by atoms with Crippen molar-refractivity contribution in [1.29, 1.82) is 0 Å². The molecular formula is C17H14FN2O2+. The van der Waals surface area contributed by atoms with E-state index in [4.69, 9.17) is 15.3 Å². The van der Waals surface area contributed by atoms with Crippen LogP contribution in [0.4, 0.5) is 4.39 Å². The van der Waals surface area contributed by atoms with E-state index in [1.54, 1.807) is 18.2 Å². The normalized spacial score (nSPS) is 12.8. The number of aryl methyl sites for hydroxylation is 1. The van der Waals surface area contributed by atoms with E-state index >= 15 is 0 Å². The van der Waals surface area contributed by atoms with Crippen LogP contribution in [0.25, 0.3) is 22.0 Å². The zero-order valence-electron chi connectivity index (χ0n) is 12.0. The van der Waals surface area contributed by atoms with Gasteiger partial charge in [0.2, 0.25) is 12.5 Å². The first-order chi connectivity index (χ1) is 10.7. The third-order valence-electron chi connectivity index (χ3n) is 3.92. The van der Waals surface area contributed by atoms with Crippen molar-refractivity contribution < 1.29 is 18.5 Å². The predicted octanol–water partition coefficient (Wildman–Crippen LogP) is 2.68. The number of hydrogen-bond donors (Lipinski definition) is 1. The van der Waals surface area contributed by atoms with Crippen molar-refractivity contribution in [2.45, 2.75) is 6.92 Å². The molecule has 0 aliphatic carbocycles. The number of halogens is 1. The first-order valence-corrected chi connectivity index (χ1v) is 6.95. The number of pyridine rings is 1. The van der Waals surface area contributed by atoms with Gasteiger partial charge in [-0.3, -0.25) is 0 Å². The molecule has 4 rings (SSSR count). The predicted molar refractivity (Wildman–Crippen MR) is 80.5 cm³/mol. The van der Waals surface area contributed by atoms with Gasteiger partial charge in [0, 0.05) is 13.0 Å². The van der Waals surface area contributed by atoms with Crippen LogP contribution < -0.4 is 20.0 Å². The fourth-order valence-electron chi connectivity index (χ4n) is 2.86. The Morgan fingerprint density at radius 1 is 1.14 bits per heavy atom. The average Bonchev–Trinajstić information content (AvgIpc) is 2.98. The molecule has 0 bridgehead atoms. The van der Waals surface area contributed by atoms with Gasteiger partial charge < -0.3 is 9.47 Å². The lowest BCUT2D eigenvalue weighted by Crippen LogP contribution is -2.49. The monoisotopic (exact) mass is 297 g/mol. The largest absolute Gasteiger partial charge is 0.454 e. The zero-order valence-corrected chi connectivity index (χ0v) is 12.0. The first kappa shape index (κ1) is 12.9. The molecule has 22 heavy (non-hydrogen) atoms. The van der Waals surface area contributed by atoms with Gasteiger partial charge in [0.1, 0.15) is 11.2 Å². The highest BCUT2D eigenvalue weighted by Crippen LogP contribution is 2.42. The van der Waals surface area contributed by atoms with E-state index in [0.29, 0.717) is 22.8 Å². The smallest absolute Gasteiger partial charge is 0.256 e. The number of hydrogen-bond acceptors (Lipinski definition) is 3. The Morgan fingerprint density at radius 2 is 1.95 bits per heavy atom. The van der Waals surface area contributed by atoms with Crippen molar-refractivity contribution in [3.8, 4) is 22.8 Å². The van der Waals surface area contributed by atoms with E-state index in [9.17, 15) is 4.39 Å². The molecule has 2 aromatic carbocycles. The minimum absolute atomic E-state index is 0.156. The maximum absolute atomic E-state index is 14.3. The molecule has 2 heterocycles. The molecule has 0 amide bonds. The van der Waals surface area contributed by atoms with Crippen LogP contribution in [0.3, 0.4) is 0 Å². The highest BCUT2D eigenvalue weighted by atomic mass is 19.1. The van der Waals surface area contributed by atoms with Gasteiger partial charge in [-0.05, 0) is 29.7 Å². The van der Waals surface area contributed by atoms with Crippen molar-refractivity contribution in [3.05, 3.63) is 54.0 Å². The van der Waals surface area contributed by atoms with Gasteiger partial charge in [-0.25, -0.2) is 10.2 Å². The van der Waals surface area contributed by atoms with Gasteiger partial charge in [0.25, 0.3) is 5.69 Å². The number of ether oxygens (including phenoxy) is 2. The minimum Gasteiger partial charge on any atom is -0.454 e. The van der Waals surface area contributed by atoms with Gasteiger partial charge in [0.15, 0.2) is 11.5 Å². The van der Waals surface area contributed by atoms with Gasteiger partial charge in [-0.15, -0.1) is 0 Å². The van der Waals surface area contributed by atoms with E-state index in [-0.39, 0.29) is 12.6 Å². The zero-order chi connectivity index (χ0) is 15.3. The fourth-order valence-corrected chi connectivity index (χ4v) is 2.86. The summed E-state index contributed by atoms with van der Waals surface area (Å²) in [7, 11) is 0. The van der Waals surface area contributed by atoms with Crippen LogP contribution in [0.15, 0.2) is 42.5 Å². The summed E-state index contributed by atoms with van der Waals surface area (Å²) < 4.78 is 26.8. The van der Waals surface area contributed by atoms with Crippen molar-refractivity contribution in [2.75, 3.05) is 12.6 Å². The van der Waals surface area contributed by atoms with Crippen LogP contribution in [0.2, 0.25) is 0 Å². The molecule has 0 fully saturated rings. The van der Waals surface area contributed by atoms with Gasteiger partial charge in [-0.2, -0.15) is 0 Å². The standard InChI is InChI=1S/C17H14FN2O2/c1-10-8-11-6-7-14-17(22-9-21-14)15(11)16(20(10)19)12-4-2-3-5-13(12)18/h2-8H,9,19H2,1H3/q+1. The summed E-state index contributed by atoms with van der Waals surface area (Å²) in [6, 6.07) is 12.3.